The van der Waals surface area contributed by atoms with Gasteiger partial charge in [0.15, 0.2) is 0 Å². The zero-order valence-electron chi connectivity index (χ0n) is 7.58. The van der Waals surface area contributed by atoms with Gasteiger partial charge < -0.3 is 4.74 Å². The number of rotatable bonds is 3. The number of hydrogen-bond acceptors (Lipinski definition) is 2. The number of ether oxygens (including phenoxy) is 1. The molecule has 2 aliphatic rings. The molecule has 1 saturated carbocycles. The van der Waals surface area contributed by atoms with Crippen LogP contribution in [0.15, 0.2) is 11.8 Å². The Kier molecular flexibility index (Phi) is 2.64. The second-order valence-electron chi connectivity index (χ2n) is 3.70. The first-order valence-electron chi connectivity index (χ1n) is 4.81. The minimum absolute atomic E-state index is 0.433. The summed E-state index contributed by atoms with van der Waals surface area (Å²) in [6, 6.07) is 0. The Morgan fingerprint density at radius 1 is 1.50 bits per heavy atom. The first kappa shape index (κ1) is 8.49. The summed E-state index contributed by atoms with van der Waals surface area (Å²) in [6.07, 6.45) is 7.72. The Hall–Kier alpha value is -0.110. The Morgan fingerprint density at radius 3 is 2.75 bits per heavy atom. The molecule has 2 fully saturated rings. The van der Waals surface area contributed by atoms with E-state index in [0.29, 0.717) is 6.10 Å². The Bertz CT molecular complexity index is 176. The van der Waals surface area contributed by atoms with Crippen LogP contribution in [0.2, 0.25) is 0 Å². The zero-order chi connectivity index (χ0) is 8.39. The van der Waals surface area contributed by atoms with E-state index >= 15 is 0 Å². The predicted octanol–water partition coefficient (Wildman–Crippen LogP) is 2.96. The van der Waals surface area contributed by atoms with Crippen molar-refractivity contribution in [2.24, 2.45) is 0 Å². The molecule has 2 atom stereocenters. The summed E-state index contributed by atoms with van der Waals surface area (Å²) in [5.41, 5.74) is 1.52. The lowest BCUT2D eigenvalue weighted by Gasteiger charge is -2.09. The van der Waals surface area contributed by atoms with Crippen molar-refractivity contribution in [3.63, 3.8) is 0 Å². The Morgan fingerprint density at radius 2 is 2.17 bits per heavy atom. The van der Waals surface area contributed by atoms with Crippen molar-refractivity contribution in [2.45, 2.75) is 44.0 Å². The fourth-order valence-electron chi connectivity index (χ4n) is 1.56. The van der Waals surface area contributed by atoms with Crippen LogP contribution >= 0.6 is 11.8 Å². The van der Waals surface area contributed by atoms with Crippen molar-refractivity contribution in [1.82, 2.24) is 0 Å². The first-order chi connectivity index (χ1) is 5.86. The molecule has 1 saturated heterocycles. The Labute approximate surface area is 78.6 Å². The lowest BCUT2D eigenvalue weighted by Crippen LogP contribution is -2.10. The molecule has 0 spiro atoms. The standard InChI is InChI=1S/C10H16OS/c1-8(10-7-12-10)11-6-9-4-2-3-5-9/h6,8,10H,2-5,7H2,1H3. The molecule has 1 heterocycles. The van der Waals surface area contributed by atoms with E-state index in [-0.39, 0.29) is 0 Å². The van der Waals surface area contributed by atoms with Crippen molar-refractivity contribution in [2.75, 3.05) is 5.75 Å². The number of thioether (sulfide) groups is 1. The molecule has 0 bridgehead atoms. The van der Waals surface area contributed by atoms with Crippen LogP contribution in [0.5, 0.6) is 0 Å². The molecule has 1 aliphatic carbocycles. The second-order valence-corrected chi connectivity index (χ2v) is 4.97. The zero-order valence-corrected chi connectivity index (χ0v) is 8.40. The minimum atomic E-state index is 0.433. The number of allylic oxidation sites excluding steroid dienone is 1. The fraction of sp³-hybridized carbons (Fsp3) is 0.800. The molecular formula is C10H16OS. The van der Waals surface area contributed by atoms with E-state index in [1.165, 1.54) is 37.0 Å². The summed E-state index contributed by atoms with van der Waals surface area (Å²) in [7, 11) is 0. The number of hydrogen-bond donors (Lipinski definition) is 0. The highest BCUT2D eigenvalue weighted by Gasteiger charge is 2.29. The molecule has 0 aromatic rings. The summed E-state index contributed by atoms with van der Waals surface area (Å²) < 4.78 is 5.67. The Balaban J connectivity index is 1.74. The average molecular weight is 184 g/mol. The average Bonchev–Trinajstić information content (AvgIpc) is 2.80. The van der Waals surface area contributed by atoms with Crippen molar-refractivity contribution in [3.8, 4) is 0 Å². The van der Waals surface area contributed by atoms with Gasteiger partial charge in [-0.15, -0.1) is 0 Å². The molecule has 0 radical (unpaired) electrons. The van der Waals surface area contributed by atoms with Crippen molar-refractivity contribution in [1.29, 1.82) is 0 Å². The third-order valence-corrected chi connectivity index (χ3v) is 3.68. The summed E-state index contributed by atoms with van der Waals surface area (Å²) in [4.78, 5) is 0. The van der Waals surface area contributed by atoms with Gasteiger partial charge in [-0.1, -0.05) is 0 Å². The normalized spacial score (nSPS) is 30.1. The SMILES string of the molecule is CC(OC=C1CCCC1)C1CS1. The third kappa shape index (κ3) is 2.19. The molecule has 2 rings (SSSR count). The van der Waals surface area contributed by atoms with E-state index in [4.69, 9.17) is 4.74 Å². The predicted molar refractivity (Wildman–Crippen MR) is 53.3 cm³/mol. The lowest BCUT2D eigenvalue weighted by molar-refractivity contribution is 0.167. The van der Waals surface area contributed by atoms with Gasteiger partial charge in [-0.25, -0.2) is 0 Å². The molecule has 0 aromatic heterocycles. The molecule has 0 amide bonds. The van der Waals surface area contributed by atoms with E-state index in [9.17, 15) is 0 Å². The fourth-order valence-corrected chi connectivity index (χ4v) is 2.28. The molecule has 12 heavy (non-hydrogen) atoms. The first-order valence-corrected chi connectivity index (χ1v) is 5.86. The largest absolute Gasteiger partial charge is 0.497 e. The minimum Gasteiger partial charge on any atom is -0.497 e. The molecule has 0 N–H and O–H groups in total. The van der Waals surface area contributed by atoms with Crippen LogP contribution in [-0.4, -0.2) is 17.1 Å². The molecule has 2 heteroatoms. The highest BCUT2D eigenvalue weighted by molar-refractivity contribution is 8.06. The van der Waals surface area contributed by atoms with Crippen molar-refractivity contribution >= 4 is 11.8 Å². The molecule has 1 aliphatic heterocycles. The highest BCUT2D eigenvalue weighted by Crippen LogP contribution is 2.35. The second kappa shape index (κ2) is 3.73. The quantitative estimate of drug-likeness (QED) is 0.492. The van der Waals surface area contributed by atoms with Gasteiger partial charge in [-0.2, -0.15) is 11.8 Å². The van der Waals surface area contributed by atoms with Crippen molar-refractivity contribution < 1.29 is 4.74 Å². The van der Waals surface area contributed by atoms with E-state index < -0.39 is 0 Å². The van der Waals surface area contributed by atoms with E-state index in [0.717, 1.165) is 5.25 Å². The summed E-state index contributed by atoms with van der Waals surface area (Å²) in [5, 5.41) is 0.781. The smallest absolute Gasteiger partial charge is 0.108 e. The van der Waals surface area contributed by atoms with Crippen LogP contribution in [0, 0.1) is 0 Å². The molecule has 68 valence electrons. The summed E-state index contributed by atoms with van der Waals surface area (Å²) in [5.74, 6) is 1.30. The summed E-state index contributed by atoms with van der Waals surface area (Å²) >= 11 is 2.00. The van der Waals surface area contributed by atoms with Gasteiger partial charge in [0.1, 0.15) is 6.10 Å². The lowest BCUT2D eigenvalue weighted by atomic mass is 10.2. The molecule has 1 nitrogen and oxygen atoms in total. The van der Waals surface area contributed by atoms with Crippen molar-refractivity contribution in [3.05, 3.63) is 11.8 Å². The molecule has 2 unspecified atom stereocenters. The van der Waals surface area contributed by atoms with Gasteiger partial charge in [-0.05, 0) is 38.2 Å². The maximum Gasteiger partial charge on any atom is 0.108 e. The van der Waals surface area contributed by atoms with Gasteiger partial charge in [0.2, 0.25) is 0 Å². The van der Waals surface area contributed by atoms with Crippen LogP contribution in [0.3, 0.4) is 0 Å². The van der Waals surface area contributed by atoms with Gasteiger partial charge in [0, 0.05) is 5.75 Å². The van der Waals surface area contributed by atoms with Gasteiger partial charge in [-0.3, -0.25) is 0 Å². The molecule has 0 aromatic carbocycles. The monoisotopic (exact) mass is 184 g/mol. The van der Waals surface area contributed by atoms with E-state index in [1.807, 2.05) is 18.0 Å². The van der Waals surface area contributed by atoms with Crippen LogP contribution in [0.1, 0.15) is 32.6 Å². The van der Waals surface area contributed by atoms with Crippen LogP contribution in [0.25, 0.3) is 0 Å². The molecular weight excluding hydrogens is 168 g/mol. The maximum absolute atomic E-state index is 5.67. The topological polar surface area (TPSA) is 9.23 Å². The van der Waals surface area contributed by atoms with Gasteiger partial charge in [0.25, 0.3) is 0 Å². The third-order valence-electron chi connectivity index (χ3n) is 2.58. The van der Waals surface area contributed by atoms with Gasteiger partial charge >= 0.3 is 0 Å². The van der Waals surface area contributed by atoms with Crippen LogP contribution in [-0.2, 0) is 4.74 Å². The van der Waals surface area contributed by atoms with E-state index in [1.54, 1.807) is 0 Å². The van der Waals surface area contributed by atoms with Crippen LogP contribution < -0.4 is 0 Å². The summed E-state index contributed by atoms with van der Waals surface area (Å²) in [6.45, 7) is 2.18. The van der Waals surface area contributed by atoms with Crippen LogP contribution in [0.4, 0.5) is 0 Å². The van der Waals surface area contributed by atoms with E-state index in [2.05, 4.69) is 6.92 Å². The highest BCUT2D eigenvalue weighted by atomic mass is 32.2. The van der Waals surface area contributed by atoms with Gasteiger partial charge in [0.05, 0.1) is 11.5 Å². The maximum atomic E-state index is 5.67.